The number of nitriles is 1. The lowest BCUT2D eigenvalue weighted by Crippen LogP contribution is -2.31. The number of nitrogens with one attached hydrogen (secondary N) is 1. The largest absolute Gasteiger partial charge is 0.336 e. The molecule has 1 aromatic heterocycles. The number of nitrogens with zero attached hydrogens (tertiary/aromatic N) is 3. The van der Waals surface area contributed by atoms with Crippen LogP contribution >= 0.6 is 11.6 Å². The highest BCUT2D eigenvalue weighted by atomic mass is 35.5. The van der Waals surface area contributed by atoms with Crippen LogP contribution in [-0.4, -0.2) is 21.9 Å². The lowest BCUT2D eigenvalue weighted by molar-refractivity contribution is 0.0947. The Kier molecular flexibility index (Phi) is 3.37. The Bertz CT molecular complexity index is 370. The second kappa shape index (κ2) is 4.53. The van der Waals surface area contributed by atoms with Gasteiger partial charge in [0.05, 0.1) is 11.6 Å². The van der Waals surface area contributed by atoms with E-state index < -0.39 is 11.9 Å². The van der Waals surface area contributed by atoms with Crippen molar-refractivity contribution in [3.8, 4) is 6.07 Å². The fourth-order valence-corrected chi connectivity index (χ4v) is 0.839. The van der Waals surface area contributed by atoms with Crippen molar-refractivity contribution in [3.05, 3.63) is 23.2 Å². The molecule has 1 amide bonds. The van der Waals surface area contributed by atoms with E-state index in [-0.39, 0.29) is 10.8 Å². The zero-order valence-electron chi connectivity index (χ0n) is 7.36. The van der Waals surface area contributed by atoms with Gasteiger partial charge in [-0.25, -0.2) is 9.97 Å². The predicted molar refractivity (Wildman–Crippen MR) is 49.6 cm³/mol. The average Bonchev–Trinajstić information content (AvgIpc) is 2.18. The number of rotatable bonds is 2. The molecule has 6 heteroatoms. The third-order valence-corrected chi connectivity index (χ3v) is 1.62. The van der Waals surface area contributed by atoms with Gasteiger partial charge in [0, 0.05) is 12.4 Å². The monoisotopic (exact) mass is 210 g/mol. The molecular formula is C8H7ClN4O. The Balaban J connectivity index is 2.71. The van der Waals surface area contributed by atoms with Crippen molar-refractivity contribution in [2.45, 2.75) is 13.0 Å². The summed E-state index contributed by atoms with van der Waals surface area (Å²) in [5.74, 6) is -0.393. The van der Waals surface area contributed by atoms with Gasteiger partial charge in [-0.1, -0.05) is 0 Å². The lowest BCUT2D eigenvalue weighted by Gasteiger charge is -2.04. The highest BCUT2D eigenvalue weighted by molar-refractivity contribution is 6.28. The average molecular weight is 211 g/mol. The molecule has 1 heterocycles. The molecule has 0 aliphatic rings. The van der Waals surface area contributed by atoms with Gasteiger partial charge in [0.15, 0.2) is 0 Å². The minimum absolute atomic E-state index is 0.0786. The molecule has 0 saturated carbocycles. The number of hydrogen-bond acceptors (Lipinski definition) is 4. The van der Waals surface area contributed by atoms with Crippen LogP contribution < -0.4 is 5.32 Å². The highest BCUT2D eigenvalue weighted by Gasteiger charge is 2.09. The number of amides is 1. The van der Waals surface area contributed by atoms with Crippen LogP contribution in [0.15, 0.2) is 12.4 Å². The first-order chi connectivity index (χ1) is 6.63. The zero-order valence-corrected chi connectivity index (χ0v) is 8.12. The Morgan fingerprint density at radius 1 is 1.64 bits per heavy atom. The summed E-state index contributed by atoms with van der Waals surface area (Å²) in [6.07, 6.45) is 2.60. The van der Waals surface area contributed by atoms with Crippen LogP contribution in [0.3, 0.4) is 0 Å². The van der Waals surface area contributed by atoms with Crippen LogP contribution in [0, 0.1) is 11.3 Å². The smallest absolute Gasteiger partial charge is 0.255 e. The highest BCUT2D eigenvalue weighted by Crippen LogP contribution is 2.00. The van der Waals surface area contributed by atoms with Gasteiger partial charge < -0.3 is 5.32 Å². The third kappa shape index (κ3) is 2.68. The summed E-state index contributed by atoms with van der Waals surface area (Å²) in [5.41, 5.74) is 0.275. The Morgan fingerprint density at radius 3 is 2.71 bits per heavy atom. The van der Waals surface area contributed by atoms with Gasteiger partial charge in [0.2, 0.25) is 5.28 Å². The quantitative estimate of drug-likeness (QED) is 0.732. The number of carbonyl (C=O) groups excluding carboxylic acids is 1. The summed E-state index contributed by atoms with van der Waals surface area (Å²) in [7, 11) is 0. The zero-order chi connectivity index (χ0) is 10.6. The molecule has 0 fully saturated rings. The molecule has 72 valence electrons. The van der Waals surface area contributed by atoms with Gasteiger partial charge in [-0.05, 0) is 18.5 Å². The van der Waals surface area contributed by atoms with Gasteiger partial charge in [0.1, 0.15) is 6.04 Å². The van der Waals surface area contributed by atoms with Crippen molar-refractivity contribution >= 4 is 17.5 Å². The van der Waals surface area contributed by atoms with E-state index in [0.717, 1.165) is 0 Å². The molecule has 5 nitrogen and oxygen atoms in total. The third-order valence-electron chi connectivity index (χ3n) is 1.42. The van der Waals surface area contributed by atoms with E-state index in [9.17, 15) is 4.79 Å². The van der Waals surface area contributed by atoms with Crippen molar-refractivity contribution < 1.29 is 4.79 Å². The van der Waals surface area contributed by atoms with Crippen LogP contribution in [0.5, 0.6) is 0 Å². The van der Waals surface area contributed by atoms with E-state index >= 15 is 0 Å². The molecule has 14 heavy (non-hydrogen) atoms. The molecule has 0 aliphatic heterocycles. The van der Waals surface area contributed by atoms with Crippen LogP contribution in [0.25, 0.3) is 0 Å². The van der Waals surface area contributed by atoms with E-state index in [1.807, 2.05) is 6.07 Å². The summed E-state index contributed by atoms with van der Waals surface area (Å²) < 4.78 is 0. The number of aromatic nitrogens is 2. The number of hydrogen-bond donors (Lipinski definition) is 1. The van der Waals surface area contributed by atoms with Crippen LogP contribution in [0.2, 0.25) is 5.28 Å². The Hall–Kier alpha value is -1.67. The summed E-state index contributed by atoms with van der Waals surface area (Å²) in [4.78, 5) is 18.6. The molecule has 0 bridgehead atoms. The van der Waals surface area contributed by atoms with Crippen LogP contribution in [0.1, 0.15) is 17.3 Å². The maximum atomic E-state index is 11.3. The second-order valence-electron chi connectivity index (χ2n) is 2.57. The van der Waals surface area contributed by atoms with E-state index in [1.54, 1.807) is 6.92 Å². The van der Waals surface area contributed by atoms with Gasteiger partial charge >= 0.3 is 0 Å². The minimum atomic E-state index is -0.543. The van der Waals surface area contributed by atoms with E-state index in [0.29, 0.717) is 0 Å². The predicted octanol–water partition coefficient (Wildman–Crippen LogP) is 0.772. The standard InChI is InChI=1S/C8H7ClN4O/c1-5(2-10)13-7(14)6-3-11-8(9)12-4-6/h3-5H,1H3,(H,13,14). The normalized spacial score (nSPS) is 11.5. The van der Waals surface area contributed by atoms with Crippen molar-refractivity contribution in [2.75, 3.05) is 0 Å². The Labute approximate surface area is 85.7 Å². The molecule has 0 spiro atoms. The topological polar surface area (TPSA) is 78.7 Å². The Morgan fingerprint density at radius 2 is 2.21 bits per heavy atom. The molecule has 0 radical (unpaired) electrons. The number of carbonyl (C=O) groups is 1. The van der Waals surface area contributed by atoms with E-state index in [1.165, 1.54) is 12.4 Å². The first-order valence-corrected chi connectivity index (χ1v) is 4.19. The molecule has 1 atom stereocenters. The summed E-state index contributed by atoms with van der Waals surface area (Å²) >= 11 is 5.44. The van der Waals surface area contributed by atoms with Crippen LogP contribution in [-0.2, 0) is 0 Å². The van der Waals surface area contributed by atoms with Gasteiger partial charge in [-0.3, -0.25) is 4.79 Å². The molecule has 0 aliphatic carbocycles. The maximum absolute atomic E-state index is 11.3. The molecular weight excluding hydrogens is 204 g/mol. The van der Waals surface area contributed by atoms with Gasteiger partial charge in [-0.15, -0.1) is 0 Å². The van der Waals surface area contributed by atoms with Crippen molar-refractivity contribution in [1.29, 1.82) is 5.26 Å². The first-order valence-electron chi connectivity index (χ1n) is 3.81. The van der Waals surface area contributed by atoms with E-state index in [2.05, 4.69) is 15.3 Å². The number of halogens is 1. The molecule has 0 aromatic carbocycles. The molecule has 1 unspecified atom stereocenters. The van der Waals surface area contributed by atoms with Crippen molar-refractivity contribution in [2.24, 2.45) is 0 Å². The second-order valence-corrected chi connectivity index (χ2v) is 2.90. The van der Waals surface area contributed by atoms with E-state index in [4.69, 9.17) is 16.9 Å². The molecule has 1 N–H and O–H groups in total. The van der Waals surface area contributed by atoms with Crippen LogP contribution in [0.4, 0.5) is 0 Å². The van der Waals surface area contributed by atoms with Crippen molar-refractivity contribution in [1.82, 2.24) is 15.3 Å². The lowest BCUT2D eigenvalue weighted by atomic mass is 10.3. The minimum Gasteiger partial charge on any atom is -0.336 e. The van der Waals surface area contributed by atoms with Gasteiger partial charge in [-0.2, -0.15) is 5.26 Å². The maximum Gasteiger partial charge on any atom is 0.255 e. The summed E-state index contributed by atoms with van der Waals surface area (Å²) in [5, 5.41) is 11.0. The molecule has 1 rings (SSSR count). The van der Waals surface area contributed by atoms with Crippen molar-refractivity contribution in [3.63, 3.8) is 0 Å². The summed E-state index contributed by atoms with van der Waals surface area (Å²) in [6, 6.07) is 1.33. The summed E-state index contributed by atoms with van der Waals surface area (Å²) in [6.45, 7) is 1.58. The SMILES string of the molecule is CC(C#N)NC(=O)c1cnc(Cl)nc1. The van der Waals surface area contributed by atoms with Gasteiger partial charge in [0.25, 0.3) is 5.91 Å². The fourth-order valence-electron chi connectivity index (χ4n) is 0.742. The first kappa shape index (κ1) is 10.4. The fraction of sp³-hybridized carbons (Fsp3) is 0.250. The molecule has 1 aromatic rings. The molecule has 0 saturated heterocycles.